The summed E-state index contributed by atoms with van der Waals surface area (Å²) >= 11 is 0. The van der Waals surface area contributed by atoms with Crippen LogP contribution >= 0.6 is 0 Å². The van der Waals surface area contributed by atoms with Crippen LogP contribution in [0.15, 0.2) is 60.7 Å². The van der Waals surface area contributed by atoms with Gasteiger partial charge in [-0.3, -0.25) is 0 Å². The van der Waals surface area contributed by atoms with E-state index in [2.05, 4.69) is 29.2 Å². The van der Waals surface area contributed by atoms with Gasteiger partial charge in [0.15, 0.2) is 0 Å². The SMILES string of the molecule is CC(C)(C)OC(=O)N1CCC(c2nc(-c3ccccc3)c(-c3ccccc3)[nH]2)CC1. The second-order valence-electron chi connectivity index (χ2n) is 8.82. The number of likely N-dealkylation sites (tertiary alicyclic amines) is 1. The van der Waals surface area contributed by atoms with E-state index < -0.39 is 5.60 Å². The summed E-state index contributed by atoms with van der Waals surface area (Å²) in [6.07, 6.45) is 1.51. The van der Waals surface area contributed by atoms with Crippen LogP contribution in [0.1, 0.15) is 45.4 Å². The number of piperidine rings is 1. The molecule has 0 bridgehead atoms. The lowest BCUT2D eigenvalue weighted by Crippen LogP contribution is -2.41. The number of amides is 1. The maximum atomic E-state index is 12.4. The lowest BCUT2D eigenvalue weighted by atomic mass is 9.96. The van der Waals surface area contributed by atoms with E-state index in [1.165, 1.54) is 0 Å². The molecule has 1 aromatic heterocycles. The first-order valence-electron chi connectivity index (χ1n) is 10.6. The van der Waals surface area contributed by atoms with Gasteiger partial charge in [0.1, 0.15) is 11.4 Å². The smallest absolute Gasteiger partial charge is 0.410 e. The van der Waals surface area contributed by atoms with Crippen LogP contribution in [0, 0.1) is 0 Å². The molecule has 0 saturated carbocycles. The molecule has 156 valence electrons. The molecule has 1 aliphatic rings. The minimum absolute atomic E-state index is 0.227. The number of benzene rings is 2. The number of carbonyl (C=O) groups excluding carboxylic acids is 1. The van der Waals surface area contributed by atoms with Crippen molar-refractivity contribution in [3.63, 3.8) is 0 Å². The second kappa shape index (κ2) is 8.34. The number of hydrogen-bond donors (Lipinski definition) is 1. The van der Waals surface area contributed by atoms with Gasteiger partial charge in [0.25, 0.3) is 0 Å². The molecular formula is C25H29N3O2. The highest BCUT2D eigenvalue weighted by Gasteiger charge is 2.29. The summed E-state index contributed by atoms with van der Waals surface area (Å²) in [5, 5.41) is 0. The molecule has 0 atom stereocenters. The van der Waals surface area contributed by atoms with Gasteiger partial charge in [-0.25, -0.2) is 9.78 Å². The molecule has 0 radical (unpaired) electrons. The molecule has 1 N–H and O–H groups in total. The van der Waals surface area contributed by atoms with Crippen molar-refractivity contribution in [1.82, 2.24) is 14.9 Å². The fraction of sp³-hybridized carbons (Fsp3) is 0.360. The van der Waals surface area contributed by atoms with E-state index in [-0.39, 0.29) is 6.09 Å². The minimum atomic E-state index is -0.468. The lowest BCUT2D eigenvalue weighted by molar-refractivity contribution is 0.0203. The Kier molecular flexibility index (Phi) is 5.62. The van der Waals surface area contributed by atoms with Crippen molar-refractivity contribution in [2.24, 2.45) is 0 Å². The van der Waals surface area contributed by atoms with Crippen LogP contribution < -0.4 is 0 Å². The summed E-state index contributed by atoms with van der Waals surface area (Å²) < 4.78 is 5.52. The Labute approximate surface area is 178 Å². The molecule has 1 aliphatic heterocycles. The molecule has 2 heterocycles. The zero-order valence-electron chi connectivity index (χ0n) is 17.9. The van der Waals surface area contributed by atoms with Crippen LogP contribution in [0.5, 0.6) is 0 Å². The zero-order valence-corrected chi connectivity index (χ0v) is 17.9. The first-order chi connectivity index (χ1) is 14.4. The van der Waals surface area contributed by atoms with Gasteiger partial charge in [0.05, 0.1) is 11.4 Å². The maximum Gasteiger partial charge on any atom is 0.410 e. The van der Waals surface area contributed by atoms with Gasteiger partial charge < -0.3 is 14.6 Å². The number of hydrogen-bond acceptors (Lipinski definition) is 3. The van der Waals surface area contributed by atoms with Crippen molar-refractivity contribution < 1.29 is 9.53 Å². The second-order valence-corrected chi connectivity index (χ2v) is 8.82. The molecule has 5 heteroatoms. The topological polar surface area (TPSA) is 58.2 Å². The fourth-order valence-corrected chi connectivity index (χ4v) is 3.87. The molecule has 3 aromatic rings. The van der Waals surface area contributed by atoms with Crippen molar-refractivity contribution in [1.29, 1.82) is 0 Å². The molecule has 1 fully saturated rings. The molecule has 0 unspecified atom stereocenters. The highest BCUT2D eigenvalue weighted by Crippen LogP contribution is 2.34. The van der Waals surface area contributed by atoms with Crippen LogP contribution in [0.25, 0.3) is 22.5 Å². The van der Waals surface area contributed by atoms with Gasteiger partial charge in [-0.1, -0.05) is 60.7 Å². The third-order valence-corrected chi connectivity index (χ3v) is 5.37. The summed E-state index contributed by atoms with van der Waals surface area (Å²) in [6, 6.07) is 20.6. The van der Waals surface area contributed by atoms with Crippen LogP contribution in [-0.2, 0) is 4.74 Å². The largest absolute Gasteiger partial charge is 0.444 e. The molecule has 0 aliphatic carbocycles. The monoisotopic (exact) mass is 403 g/mol. The van der Waals surface area contributed by atoms with Crippen LogP contribution in [-0.4, -0.2) is 39.7 Å². The van der Waals surface area contributed by atoms with Gasteiger partial charge in [0.2, 0.25) is 0 Å². The van der Waals surface area contributed by atoms with E-state index in [0.717, 1.165) is 41.2 Å². The van der Waals surface area contributed by atoms with Crippen molar-refractivity contribution in [2.45, 2.75) is 45.1 Å². The van der Waals surface area contributed by atoms with E-state index in [1.54, 1.807) is 4.90 Å². The highest BCUT2D eigenvalue weighted by molar-refractivity contribution is 5.78. The van der Waals surface area contributed by atoms with Crippen molar-refractivity contribution in [2.75, 3.05) is 13.1 Å². The first kappa shape index (κ1) is 20.2. The Morgan fingerprint density at radius 3 is 2.10 bits per heavy atom. The fourth-order valence-electron chi connectivity index (χ4n) is 3.87. The first-order valence-corrected chi connectivity index (χ1v) is 10.6. The molecule has 2 aromatic carbocycles. The summed E-state index contributed by atoms with van der Waals surface area (Å²) in [5.74, 6) is 1.29. The van der Waals surface area contributed by atoms with E-state index in [9.17, 15) is 4.79 Å². The number of rotatable bonds is 3. The van der Waals surface area contributed by atoms with E-state index in [0.29, 0.717) is 19.0 Å². The van der Waals surface area contributed by atoms with E-state index >= 15 is 0 Å². The van der Waals surface area contributed by atoms with E-state index in [1.807, 2.05) is 57.2 Å². The maximum absolute atomic E-state index is 12.4. The van der Waals surface area contributed by atoms with Crippen molar-refractivity contribution >= 4 is 6.09 Å². The molecule has 1 saturated heterocycles. The predicted octanol–water partition coefficient (Wildman–Crippen LogP) is 5.86. The summed E-state index contributed by atoms with van der Waals surface area (Å²) in [7, 11) is 0. The number of nitrogens with one attached hydrogen (secondary N) is 1. The van der Waals surface area contributed by atoms with Gasteiger partial charge in [-0.15, -0.1) is 0 Å². The Bertz CT molecular complexity index is 925. The predicted molar refractivity (Wildman–Crippen MR) is 119 cm³/mol. The Hall–Kier alpha value is -3.08. The molecule has 4 rings (SSSR count). The number of H-pyrrole nitrogens is 1. The third-order valence-electron chi connectivity index (χ3n) is 5.37. The average Bonchev–Trinajstić information content (AvgIpc) is 3.19. The third kappa shape index (κ3) is 4.56. The number of aromatic amines is 1. The van der Waals surface area contributed by atoms with Gasteiger partial charge >= 0.3 is 6.09 Å². The summed E-state index contributed by atoms with van der Waals surface area (Å²) in [6.45, 7) is 7.06. The number of nitrogens with zero attached hydrogens (tertiary/aromatic N) is 2. The van der Waals surface area contributed by atoms with Gasteiger partial charge in [0, 0.05) is 30.1 Å². The van der Waals surface area contributed by atoms with Crippen LogP contribution in [0.2, 0.25) is 0 Å². The summed E-state index contributed by atoms with van der Waals surface area (Å²) in [4.78, 5) is 22.8. The highest BCUT2D eigenvalue weighted by atomic mass is 16.6. The van der Waals surface area contributed by atoms with Crippen LogP contribution in [0.3, 0.4) is 0 Å². The molecule has 30 heavy (non-hydrogen) atoms. The standard InChI is InChI=1S/C25H29N3O2/c1-25(2,3)30-24(29)28-16-14-20(15-17-28)23-26-21(18-10-6-4-7-11-18)22(27-23)19-12-8-5-9-13-19/h4-13,20H,14-17H2,1-3H3,(H,26,27). The number of aromatic nitrogens is 2. The Morgan fingerprint density at radius 1 is 0.967 bits per heavy atom. The molecule has 1 amide bonds. The van der Waals surface area contributed by atoms with Gasteiger partial charge in [-0.2, -0.15) is 0 Å². The number of carbonyl (C=O) groups is 1. The number of ether oxygens (including phenoxy) is 1. The Morgan fingerprint density at radius 2 is 1.53 bits per heavy atom. The molecule has 0 spiro atoms. The van der Waals surface area contributed by atoms with Gasteiger partial charge in [-0.05, 0) is 33.6 Å². The quantitative estimate of drug-likeness (QED) is 0.596. The normalized spacial score (nSPS) is 15.2. The zero-order chi connectivity index (χ0) is 21.1. The molecular weight excluding hydrogens is 374 g/mol. The Balaban J connectivity index is 1.56. The van der Waals surface area contributed by atoms with E-state index in [4.69, 9.17) is 9.72 Å². The van der Waals surface area contributed by atoms with Crippen molar-refractivity contribution in [3.05, 3.63) is 66.5 Å². The average molecular weight is 404 g/mol. The lowest BCUT2D eigenvalue weighted by Gasteiger charge is -2.32. The summed E-state index contributed by atoms with van der Waals surface area (Å²) in [5.41, 5.74) is 3.79. The number of imidazole rings is 1. The minimum Gasteiger partial charge on any atom is -0.444 e. The molecule has 5 nitrogen and oxygen atoms in total. The van der Waals surface area contributed by atoms with Crippen LogP contribution in [0.4, 0.5) is 4.79 Å². The van der Waals surface area contributed by atoms with Crippen molar-refractivity contribution in [3.8, 4) is 22.5 Å².